The minimum absolute atomic E-state index is 0.0472. The van der Waals surface area contributed by atoms with Crippen LogP contribution in [0.2, 0.25) is 0 Å². The molecule has 0 radical (unpaired) electrons. The number of carbonyl (C=O) groups is 2. The predicted octanol–water partition coefficient (Wildman–Crippen LogP) is 2.66. The zero-order valence-corrected chi connectivity index (χ0v) is 17.7. The van der Waals surface area contributed by atoms with Crippen molar-refractivity contribution in [2.24, 2.45) is 5.92 Å². The quantitative estimate of drug-likeness (QED) is 0.690. The van der Waals surface area contributed by atoms with Gasteiger partial charge in [0.1, 0.15) is 0 Å². The molecule has 2 amide bonds. The van der Waals surface area contributed by atoms with Crippen LogP contribution >= 0.6 is 0 Å². The molecular formula is C20H31N3O4S. The number of anilines is 1. The summed E-state index contributed by atoms with van der Waals surface area (Å²) in [4.78, 5) is 24.1. The Bertz CT molecular complexity index is 777. The van der Waals surface area contributed by atoms with Gasteiger partial charge >= 0.3 is 0 Å². The minimum Gasteiger partial charge on any atom is -0.349 e. The van der Waals surface area contributed by atoms with Gasteiger partial charge in [-0.25, -0.2) is 12.7 Å². The van der Waals surface area contributed by atoms with Gasteiger partial charge in [-0.05, 0) is 43.9 Å². The Morgan fingerprint density at radius 3 is 2.50 bits per heavy atom. The lowest BCUT2D eigenvalue weighted by Gasteiger charge is -2.31. The summed E-state index contributed by atoms with van der Waals surface area (Å²) in [7, 11) is -3.28. The van der Waals surface area contributed by atoms with Crippen molar-refractivity contribution in [2.45, 2.75) is 52.5 Å². The maximum atomic E-state index is 12.7. The lowest BCUT2D eigenvalue weighted by molar-refractivity contribution is -0.126. The second-order valence-corrected chi connectivity index (χ2v) is 9.36. The van der Waals surface area contributed by atoms with Gasteiger partial charge in [-0.1, -0.05) is 26.0 Å². The number of hydrogen-bond acceptors (Lipinski definition) is 4. The van der Waals surface area contributed by atoms with E-state index in [4.69, 9.17) is 0 Å². The molecule has 8 heteroatoms. The molecule has 1 heterocycles. The molecule has 0 aromatic heterocycles. The van der Waals surface area contributed by atoms with Crippen LogP contribution in [0.4, 0.5) is 5.69 Å². The first-order chi connectivity index (χ1) is 13.3. The van der Waals surface area contributed by atoms with Crippen LogP contribution in [0.15, 0.2) is 24.3 Å². The van der Waals surface area contributed by atoms with E-state index in [-0.39, 0.29) is 36.1 Å². The van der Waals surface area contributed by atoms with Crippen molar-refractivity contribution < 1.29 is 18.0 Å². The van der Waals surface area contributed by atoms with Gasteiger partial charge in [0.25, 0.3) is 0 Å². The highest BCUT2D eigenvalue weighted by molar-refractivity contribution is 7.89. The maximum Gasteiger partial charge on any atom is 0.224 e. The zero-order chi connectivity index (χ0) is 20.7. The Kier molecular flexibility index (Phi) is 8.00. The second-order valence-electron chi connectivity index (χ2n) is 7.27. The highest BCUT2D eigenvalue weighted by Crippen LogP contribution is 2.22. The van der Waals surface area contributed by atoms with E-state index in [2.05, 4.69) is 10.6 Å². The molecule has 1 aliphatic heterocycles. The monoisotopic (exact) mass is 409 g/mol. The third-order valence-electron chi connectivity index (χ3n) is 4.98. The normalized spacial score (nSPS) is 19.0. The van der Waals surface area contributed by atoms with Crippen LogP contribution in [-0.4, -0.2) is 43.4 Å². The van der Waals surface area contributed by atoms with Crippen LogP contribution in [0, 0.1) is 5.92 Å². The summed E-state index contributed by atoms with van der Waals surface area (Å²) in [5.74, 6) is -0.370. The van der Waals surface area contributed by atoms with Crippen LogP contribution in [0.25, 0.3) is 0 Å². The first-order valence-corrected chi connectivity index (χ1v) is 11.6. The molecule has 2 atom stereocenters. The minimum atomic E-state index is -3.28. The lowest BCUT2D eigenvalue weighted by Crippen LogP contribution is -2.46. The molecule has 156 valence electrons. The van der Waals surface area contributed by atoms with E-state index in [0.717, 1.165) is 11.3 Å². The van der Waals surface area contributed by atoms with Gasteiger partial charge in [-0.2, -0.15) is 0 Å². The molecule has 1 fully saturated rings. The molecule has 0 spiro atoms. The van der Waals surface area contributed by atoms with Gasteiger partial charge in [0.2, 0.25) is 21.8 Å². The summed E-state index contributed by atoms with van der Waals surface area (Å²) < 4.78 is 26.0. The SMILES string of the molecule is CCCS(=O)(=O)N1CCC[C@@H](C(=O)N[C@H](C)c2ccc(NC(=O)CC)cc2)C1. The van der Waals surface area contributed by atoms with Crippen molar-refractivity contribution in [3.8, 4) is 0 Å². The third-order valence-corrected chi connectivity index (χ3v) is 7.03. The van der Waals surface area contributed by atoms with Gasteiger partial charge < -0.3 is 10.6 Å². The molecule has 1 aromatic rings. The Balaban J connectivity index is 1.95. The Morgan fingerprint density at radius 1 is 1.21 bits per heavy atom. The highest BCUT2D eigenvalue weighted by atomic mass is 32.2. The fourth-order valence-corrected chi connectivity index (χ4v) is 4.90. The predicted molar refractivity (Wildman–Crippen MR) is 110 cm³/mol. The molecule has 0 bridgehead atoms. The second kappa shape index (κ2) is 10.0. The molecule has 0 unspecified atom stereocenters. The van der Waals surface area contributed by atoms with Gasteiger partial charge in [0.15, 0.2) is 0 Å². The lowest BCUT2D eigenvalue weighted by atomic mass is 9.98. The molecular weight excluding hydrogens is 378 g/mol. The number of piperidine rings is 1. The largest absolute Gasteiger partial charge is 0.349 e. The maximum absolute atomic E-state index is 12.7. The van der Waals surface area contributed by atoms with Crippen LogP contribution < -0.4 is 10.6 Å². The van der Waals surface area contributed by atoms with Crippen molar-refractivity contribution >= 4 is 27.5 Å². The summed E-state index contributed by atoms with van der Waals surface area (Å²) in [5.41, 5.74) is 1.65. The van der Waals surface area contributed by atoms with Gasteiger partial charge in [0, 0.05) is 25.2 Å². The topological polar surface area (TPSA) is 95.6 Å². The highest BCUT2D eigenvalue weighted by Gasteiger charge is 2.32. The Morgan fingerprint density at radius 2 is 1.89 bits per heavy atom. The third kappa shape index (κ3) is 6.04. The number of benzene rings is 1. The summed E-state index contributed by atoms with van der Waals surface area (Å²) >= 11 is 0. The molecule has 1 saturated heterocycles. The summed E-state index contributed by atoms with van der Waals surface area (Å²) in [6, 6.07) is 7.16. The fourth-order valence-electron chi connectivity index (χ4n) is 3.32. The standard InChI is InChI=1S/C20H31N3O4S/c1-4-13-28(26,27)23-12-6-7-17(14-23)20(25)21-15(3)16-8-10-18(11-9-16)22-19(24)5-2/h8-11,15,17H,4-7,12-14H2,1-3H3,(H,21,25)(H,22,24)/t15-,17-/m1/s1. The van der Waals surface area contributed by atoms with E-state index in [1.165, 1.54) is 4.31 Å². The summed E-state index contributed by atoms with van der Waals surface area (Å²) in [6.07, 6.45) is 2.38. The van der Waals surface area contributed by atoms with Crippen LogP contribution in [0.3, 0.4) is 0 Å². The van der Waals surface area contributed by atoms with Crippen LogP contribution in [0.1, 0.15) is 58.1 Å². The van der Waals surface area contributed by atoms with Crippen molar-refractivity contribution in [3.05, 3.63) is 29.8 Å². The van der Waals surface area contributed by atoms with E-state index in [0.29, 0.717) is 32.2 Å². The number of hydrogen-bond donors (Lipinski definition) is 2. The molecule has 0 aliphatic carbocycles. The molecule has 1 aromatic carbocycles. The van der Waals surface area contributed by atoms with Gasteiger partial charge in [-0.15, -0.1) is 0 Å². The van der Waals surface area contributed by atoms with Gasteiger partial charge in [-0.3, -0.25) is 9.59 Å². The molecule has 2 N–H and O–H groups in total. The van der Waals surface area contributed by atoms with E-state index >= 15 is 0 Å². The van der Waals surface area contributed by atoms with Crippen molar-refractivity contribution in [2.75, 3.05) is 24.2 Å². The number of nitrogens with zero attached hydrogens (tertiary/aromatic N) is 1. The summed E-state index contributed by atoms with van der Waals surface area (Å²) in [5, 5.41) is 5.78. The summed E-state index contributed by atoms with van der Waals surface area (Å²) in [6.45, 7) is 6.27. The number of sulfonamides is 1. The van der Waals surface area contributed by atoms with Gasteiger partial charge in [0.05, 0.1) is 17.7 Å². The Labute approximate surface area is 167 Å². The average molecular weight is 410 g/mol. The van der Waals surface area contributed by atoms with E-state index in [1.807, 2.05) is 38.1 Å². The molecule has 7 nitrogen and oxygen atoms in total. The Hall–Kier alpha value is -1.93. The molecule has 1 aliphatic rings. The average Bonchev–Trinajstić information content (AvgIpc) is 2.68. The van der Waals surface area contributed by atoms with E-state index < -0.39 is 10.0 Å². The van der Waals surface area contributed by atoms with Crippen LogP contribution in [0.5, 0.6) is 0 Å². The number of amides is 2. The first-order valence-electron chi connectivity index (χ1n) is 9.94. The number of carbonyl (C=O) groups excluding carboxylic acids is 2. The van der Waals surface area contributed by atoms with E-state index in [1.54, 1.807) is 6.92 Å². The zero-order valence-electron chi connectivity index (χ0n) is 16.9. The fraction of sp³-hybridized carbons (Fsp3) is 0.600. The number of rotatable bonds is 8. The van der Waals surface area contributed by atoms with Crippen molar-refractivity contribution in [1.29, 1.82) is 0 Å². The van der Waals surface area contributed by atoms with E-state index in [9.17, 15) is 18.0 Å². The molecule has 2 rings (SSSR count). The molecule has 0 saturated carbocycles. The first kappa shape index (κ1) is 22.4. The van der Waals surface area contributed by atoms with Crippen molar-refractivity contribution in [1.82, 2.24) is 9.62 Å². The smallest absolute Gasteiger partial charge is 0.224 e. The molecule has 28 heavy (non-hydrogen) atoms. The number of nitrogens with one attached hydrogen (secondary N) is 2. The van der Waals surface area contributed by atoms with Crippen LogP contribution in [-0.2, 0) is 19.6 Å². The van der Waals surface area contributed by atoms with Crippen molar-refractivity contribution in [3.63, 3.8) is 0 Å².